The second kappa shape index (κ2) is 8.23. The molecule has 2 aromatic rings. The molecule has 0 spiro atoms. The smallest absolute Gasteiger partial charge is 0.407 e. The van der Waals surface area contributed by atoms with E-state index in [0.717, 1.165) is 0 Å². The van der Waals surface area contributed by atoms with Gasteiger partial charge in [-0.15, -0.1) is 11.3 Å². The highest BCUT2D eigenvalue weighted by Gasteiger charge is 2.39. The van der Waals surface area contributed by atoms with Gasteiger partial charge in [0.15, 0.2) is 5.69 Å². The average molecular weight is 431 g/mol. The van der Waals surface area contributed by atoms with Gasteiger partial charge in [0.05, 0.1) is 16.1 Å². The van der Waals surface area contributed by atoms with Crippen molar-refractivity contribution in [2.24, 2.45) is 0 Å². The lowest BCUT2D eigenvalue weighted by Crippen LogP contribution is -2.33. The normalized spacial score (nSPS) is 13.3. The van der Waals surface area contributed by atoms with Crippen LogP contribution >= 0.6 is 11.3 Å². The minimum absolute atomic E-state index is 0.0174. The molecule has 0 atom stereocenters. The van der Waals surface area contributed by atoms with E-state index in [1.807, 2.05) is 0 Å². The summed E-state index contributed by atoms with van der Waals surface area (Å²) in [4.78, 5) is 58.7. The lowest BCUT2D eigenvalue weighted by molar-refractivity contribution is -0.0588. The Kier molecular flexibility index (Phi) is 5.88. The Morgan fingerprint density at radius 1 is 1.13 bits per heavy atom. The van der Waals surface area contributed by atoms with E-state index >= 15 is 0 Å². The molecule has 1 aliphatic heterocycles. The van der Waals surface area contributed by atoms with Crippen LogP contribution < -0.4 is 5.32 Å². The SMILES string of the molecule is Cc1sc(CCNC(=O)OC(C)(C)C)nc1C(=O)ON1C(=O)c2ccccc2C1=O. The van der Waals surface area contributed by atoms with Gasteiger partial charge in [-0.25, -0.2) is 14.6 Å². The van der Waals surface area contributed by atoms with Crippen LogP contribution in [0, 0.1) is 6.92 Å². The minimum Gasteiger partial charge on any atom is -0.444 e. The number of nitrogens with one attached hydrogen (secondary N) is 1. The number of benzene rings is 1. The van der Waals surface area contributed by atoms with Crippen molar-refractivity contribution in [2.75, 3.05) is 6.54 Å². The van der Waals surface area contributed by atoms with E-state index in [0.29, 0.717) is 21.4 Å². The van der Waals surface area contributed by atoms with Gasteiger partial charge in [-0.2, -0.15) is 0 Å². The zero-order valence-corrected chi connectivity index (χ0v) is 17.8. The van der Waals surface area contributed by atoms with Gasteiger partial charge in [0.2, 0.25) is 0 Å². The van der Waals surface area contributed by atoms with Gasteiger partial charge in [0, 0.05) is 17.8 Å². The van der Waals surface area contributed by atoms with Crippen LogP contribution in [0.25, 0.3) is 0 Å². The summed E-state index contributed by atoms with van der Waals surface area (Å²) in [7, 11) is 0. The molecule has 0 bridgehead atoms. The number of carbonyl (C=O) groups is 4. The van der Waals surface area contributed by atoms with Crippen LogP contribution in [0.15, 0.2) is 24.3 Å². The number of carbonyl (C=O) groups excluding carboxylic acids is 4. The van der Waals surface area contributed by atoms with E-state index in [9.17, 15) is 19.2 Å². The second-order valence-corrected chi connectivity index (χ2v) is 8.81. The molecule has 0 fully saturated rings. The van der Waals surface area contributed by atoms with Crippen molar-refractivity contribution in [1.29, 1.82) is 0 Å². The van der Waals surface area contributed by atoms with Gasteiger partial charge in [0.25, 0.3) is 11.8 Å². The summed E-state index contributed by atoms with van der Waals surface area (Å²) in [5.74, 6) is -2.29. The molecule has 3 amide bonds. The molecular formula is C20H21N3O6S. The summed E-state index contributed by atoms with van der Waals surface area (Å²) in [6, 6.07) is 6.23. The number of aryl methyl sites for hydroxylation is 1. The maximum absolute atomic E-state index is 12.5. The zero-order chi connectivity index (χ0) is 22.1. The van der Waals surface area contributed by atoms with E-state index in [-0.39, 0.29) is 23.4 Å². The lowest BCUT2D eigenvalue weighted by atomic mass is 10.1. The third-order valence-electron chi connectivity index (χ3n) is 3.97. The molecule has 1 aromatic heterocycles. The number of hydrogen-bond acceptors (Lipinski definition) is 8. The highest BCUT2D eigenvalue weighted by Crippen LogP contribution is 2.25. The molecule has 9 nitrogen and oxygen atoms in total. The average Bonchev–Trinajstić information content (AvgIpc) is 3.14. The highest BCUT2D eigenvalue weighted by molar-refractivity contribution is 7.11. The molecule has 0 unspecified atom stereocenters. The maximum Gasteiger partial charge on any atom is 0.407 e. The van der Waals surface area contributed by atoms with Crippen molar-refractivity contribution in [2.45, 2.75) is 39.7 Å². The van der Waals surface area contributed by atoms with Gasteiger partial charge < -0.3 is 14.9 Å². The van der Waals surface area contributed by atoms with Gasteiger partial charge in [-0.3, -0.25) is 9.59 Å². The van der Waals surface area contributed by atoms with Crippen LogP contribution in [-0.2, 0) is 16.0 Å². The molecule has 158 valence electrons. The second-order valence-electron chi connectivity index (χ2n) is 7.52. The van der Waals surface area contributed by atoms with Gasteiger partial charge >= 0.3 is 12.1 Å². The van der Waals surface area contributed by atoms with Crippen LogP contribution in [0.5, 0.6) is 0 Å². The molecular weight excluding hydrogens is 410 g/mol. The molecule has 2 heterocycles. The topological polar surface area (TPSA) is 115 Å². The molecule has 1 aromatic carbocycles. The predicted molar refractivity (Wildman–Crippen MR) is 107 cm³/mol. The van der Waals surface area contributed by atoms with E-state index in [2.05, 4.69) is 10.3 Å². The Balaban J connectivity index is 1.60. The zero-order valence-electron chi connectivity index (χ0n) is 17.0. The standard InChI is InChI=1S/C20H21N3O6S/c1-11-15(22-14(30-11)9-10-21-19(27)28-20(2,3)4)18(26)29-23-16(24)12-7-5-6-8-13(12)17(23)25/h5-8H,9-10H2,1-4H3,(H,21,27). The number of alkyl carbamates (subject to hydrolysis) is 1. The van der Waals surface area contributed by atoms with Gasteiger partial charge in [0.1, 0.15) is 5.60 Å². The monoisotopic (exact) mass is 431 g/mol. The Labute approximate surface area is 176 Å². The summed E-state index contributed by atoms with van der Waals surface area (Å²) >= 11 is 1.26. The Morgan fingerprint density at radius 2 is 1.73 bits per heavy atom. The minimum atomic E-state index is -0.899. The number of amides is 3. The number of hydroxylamine groups is 2. The molecule has 1 aliphatic rings. The fraction of sp³-hybridized carbons (Fsp3) is 0.350. The molecule has 0 saturated carbocycles. The van der Waals surface area contributed by atoms with Crippen molar-refractivity contribution in [3.05, 3.63) is 51.0 Å². The number of imide groups is 1. The number of hydrogen-bond donors (Lipinski definition) is 1. The van der Waals surface area contributed by atoms with E-state index in [1.54, 1.807) is 39.8 Å². The fourth-order valence-electron chi connectivity index (χ4n) is 2.71. The Morgan fingerprint density at radius 3 is 2.30 bits per heavy atom. The molecule has 1 N–H and O–H groups in total. The van der Waals surface area contributed by atoms with E-state index in [4.69, 9.17) is 9.57 Å². The summed E-state index contributed by atoms with van der Waals surface area (Å²) in [6.07, 6.45) is -0.161. The first-order chi connectivity index (χ1) is 14.1. The van der Waals surface area contributed by atoms with Crippen molar-refractivity contribution < 1.29 is 28.8 Å². The number of aromatic nitrogens is 1. The summed E-state index contributed by atoms with van der Waals surface area (Å²) in [5, 5.41) is 3.67. The number of thiazole rings is 1. The van der Waals surface area contributed by atoms with Gasteiger partial charge in [-0.1, -0.05) is 17.2 Å². The first-order valence-corrected chi connectivity index (χ1v) is 10.0. The first kappa shape index (κ1) is 21.4. The van der Waals surface area contributed by atoms with E-state index < -0.39 is 29.5 Å². The van der Waals surface area contributed by atoms with Crippen molar-refractivity contribution in [3.8, 4) is 0 Å². The number of fused-ring (bicyclic) bond motifs is 1. The van der Waals surface area contributed by atoms with Crippen LogP contribution in [0.1, 0.15) is 61.9 Å². The number of nitrogens with zero attached hydrogens (tertiary/aromatic N) is 2. The first-order valence-electron chi connectivity index (χ1n) is 9.20. The molecule has 0 aliphatic carbocycles. The molecule has 3 rings (SSSR count). The van der Waals surface area contributed by atoms with Crippen LogP contribution in [-0.4, -0.2) is 46.1 Å². The van der Waals surface area contributed by atoms with Crippen molar-refractivity contribution in [1.82, 2.24) is 15.4 Å². The Hall–Kier alpha value is -3.27. The molecule has 0 saturated heterocycles. The number of rotatable bonds is 5. The quantitative estimate of drug-likeness (QED) is 0.724. The Bertz CT molecular complexity index is 989. The van der Waals surface area contributed by atoms with E-state index in [1.165, 1.54) is 23.5 Å². The lowest BCUT2D eigenvalue weighted by Gasteiger charge is -2.19. The maximum atomic E-state index is 12.5. The van der Waals surface area contributed by atoms with Crippen molar-refractivity contribution >= 4 is 35.2 Å². The summed E-state index contributed by atoms with van der Waals surface area (Å²) < 4.78 is 5.15. The molecule has 0 radical (unpaired) electrons. The summed E-state index contributed by atoms with van der Waals surface area (Å²) in [6.45, 7) is 7.26. The molecule has 10 heteroatoms. The van der Waals surface area contributed by atoms with Crippen LogP contribution in [0.3, 0.4) is 0 Å². The molecule has 30 heavy (non-hydrogen) atoms. The van der Waals surface area contributed by atoms with Crippen LogP contribution in [0.2, 0.25) is 0 Å². The fourth-order valence-corrected chi connectivity index (χ4v) is 3.63. The largest absolute Gasteiger partial charge is 0.444 e. The van der Waals surface area contributed by atoms with Crippen LogP contribution in [0.4, 0.5) is 4.79 Å². The summed E-state index contributed by atoms with van der Waals surface area (Å²) in [5.41, 5.74) is -0.217. The van der Waals surface area contributed by atoms with Crippen molar-refractivity contribution in [3.63, 3.8) is 0 Å². The number of ether oxygens (including phenoxy) is 1. The van der Waals surface area contributed by atoms with Gasteiger partial charge in [-0.05, 0) is 39.8 Å². The predicted octanol–water partition coefficient (Wildman–Crippen LogP) is 2.89. The highest BCUT2D eigenvalue weighted by atomic mass is 32.1. The third-order valence-corrected chi connectivity index (χ3v) is 5.00. The third kappa shape index (κ3) is 4.65.